The van der Waals surface area contributed by atoms with Crippen LogP contribution in [0.4, 0.5) is 5.69 Å². The van der Waals surface area contributed by atoms with Crippen LogP contribution < -0.4 is 5.32 Å². The van der Waals surface area contributed by atoms with Crippen molar-refractivity contribution < 1.29 is 0 Å². The normalized spacial score (nSPS) is 20.1. The van der Waals surface area contributed by atoms with Crippen LogP contribution in [0.2, 0.25) is 0 Å². The number of hydrogen-bond donors (Lipinski definition) is 1. The third-order valence-electron chi connectivity index (χ3n) is 3.66. The van der Waals surface area contributed by atoms with Crippen LogP contribution in [0.1, 0.15) is 12.8 Å². The lowest BCUT2D eigenvalue weighted by Gasteiger charge is -2.27. The van der Waals surface area contributed by atoms with Gasteiger partial charge < -0.3 is 10.2 Å². The van der Waals surface area contributed by atoms with Crippen LogP contribution >= 0.6 is 15.9 Å². The molecule has 1 fully saturated rings. The topological polar surface area (TPSA) is 18.5 Å². The molecule has 0 radical (unpaired) electrons. The second-order valence-electron chi connectivity index (χ2n) is 5.50. The van der Waals surface area contributed by atoms with Crippen molar-refractivity contribution in [3.05, 3.63) is 28.7 Å². The molecule has 19 heavy (non-hydrogen) atoms. The smallest absolute Gasteiger partial charge is 0.0485 e. The molecule has 4 heteroatoms. The molecule has 1 N–H and O–H groups in total. The van der Waals surface area contributed by atoms with E-state index in [-0.39, 0.29) is 0 Å². The molecule has 0 aliphatic carbocycles. The van der Waals surface area contributed by atoms with Crippen molar-refractivity contribution in [2.24, 2.45) is 0 Å². The van der Waals surface area contributed by atoms with Crippen LogP contribution in [0.15, 0.2) is 28.7 Å². The van der Waals surface area contributed by atoms with Gasteiger partial charge in [-0.25, -0.2) is 0 Å². The molecule has 0 spiro atoms. The molecule has 1 aromatic rings. The van der Waals surface area contributed by atoms with Crippen LogP contribution in [-0.2, 0) is 0 Å². The van der Waals surface area contributed by atoms with E-state index < -0.39 is 0 Å². The minimum Gasteiger partial charge on any atom is -0.383 e. The number of likely N-dealkylation sites (tertiary alicyclic amines) is 1. The molecule has 1 heterocycles. The van der Waals surface area contributed by atoms with Crippen molar-refractivity contribution >= 4 is 21.6 Å². The number of benzene rings is 1. The van der Waals surface area contributed by atoms with Crippen molar-refractivity contribution in [2.75, 3.05) is 45.6 Å². The lowest BCUT2D eigenvalue weighted by molar-refractivity contribution is 0.214. The Morgan fingerprint density at radius 3 is 2.89 bits per heavy atom. The third-order valence-corrected chi connectivity index (χ3v) is 4.35. The summed E-state index contributed by atoms with van der Waals surface area (Å²) in [5.74, 6) is 0. The molecule has 1 unspecified atom stereocenters. The quantitative estimate of drug-likeness (QED) is 0.867. The lowest BCUT2D eigenvalue weighted by atomic mass is 10.2. The maximum absolute atomic E-state index is 3.57. The summed E-state index contributed by atoms with van der Waals surface area (Å²) in [4.78, 5) is 4.91. The standard InChI is InChI=1S/C15H24BrN3/c1-18(2)12-13-6-5-10-19(13)11-9-17-15-8-4-3-7-14(15)16/h3-4,7-8,13,17H,5-6,9-12H2,1-2H3. The number of nitrogens with one attached hydrogen (secondary N) is 1. The summed E-state index contributed by atoms with van der Waals surface area (Å²) >= 11 is 3.57. The van der Waals surface area contributed by atoms with E-state index in [0.717, 1.165) is 23.6 Å². The number of likely N-dealkylation sites (N-methyl/N-ethyl adjacent to an activating group) is 1. The fourth-order valence-corrected chi connectivity index (χ4v) is 3.18. The fourth-order valence-electron chi connectivity index (χ4n) is 2.76. The van der Waals surface area contributed by atoms with Crippen LogP contribution in [0.25, 0.3) is 0 Å². The Hall–Kier alpha value is -0.580. The number of nitrogens with zero attached hydrogens (tertiary/aromatic N) is 2. The molecule has 1 atom stereocenters. The van der Waals surface area contributed by atoms with E-state index in [9.17, 15) is 0 Å². The maximum Gasteiger partial charge on any atom is 0.0485 e. The highest BCUT2D eigenvalue weighted by atomic mass is 79.9. The van der Waals surface area contributed by atoms with Crippen molar-refractivity contribution in [2.45, 2.75) is 18.9 Å². The molecular weight excluding hydrogens is 302 g/mol. The van der Waals surface area contributed by atoms with E-state index in [1.165, 1.54) is 31.6 Å². The summed E-state index contributed by atoms with van der Waals surface area (Å²) in [6, 6.07) is 9.04. The van der Waals surface area contributed by atoms with Crippen LogP contribution in [0.5, 0.6) is 0 Å². The number of hydrogen-bond acceptors (Lipinski definition) is 3. The van der Waals surface area contributed by atoms with Gasteiger partial charge in [0.2, 0.25) is 0 Å². The Kier molecular flexibility index (Phi) is 5.67. The Morgan fingerprint density at radius 2 is 2.16 bits per heavy atom. The first-order valence-corrected chi connectivity index (χ1v) is 7.83. The molecule has 3 nitrogen and oxygen atoms in total. The Balaban J connectivity index is 1.77. The Bertz CT molecular complexity index is 395. The van der Waals surface area contributed by atoms with Crippen molar-refractivity contribution in [1.82, 2.24) is 9.80 Å². The number of anilines is 1. The van der Waals surface area contributed by atoms with Gasteiger partial charge in [-0.05, 0) is 61.5 Å². The second-order valence-corrected chi connectivity index (χ2v) is 6.36. The van der Waals surface area contributed by atoms with Gasteiger partial charge in [0.05, 0.1) is 0 Å². The van der Waals surface area contributed by atoms with E-state index in [1.54, 1.807) is 0 Å². The van der Waals surface area contributed by atoms with Crippen molar-refractivity contribution in [1.29, 1.82) is 0 Å². The summed E-state index contributed by atoms with van der Waals surface area (Å²) in [6.07, 6.45) is 2.68. The molecule has 0 aromatic heterocycles. The highest BCUT2D eigenvalue weighted by molar-refractivity contribution is 9.10. The summed E-state index contributed by atoms with van der Waals surface area (Å²) in [5, 5.41) is 3.51. The molecule has 0 bridgehead atoms. The van der Waals surface area contributed by atoms with E-state index in [2.05, 4.69) is 63.3 Å². The minimum atomic E-state index is 0.732. The van der Waals surface area contributed by atoms with E-state index >= 15 is 0 Å². The highest BCUT2D eigenvalue weighted by Crippen LogP contribution is 2.21. The molecule has 0 amide bonds. The first-order chi connectivity index (χ1) is 9.16. The first kappa shape index (κ1) is 14.8. The molecule has 106 valence electrons. The van der Waals surface area contributed by atoms with Crippen LogP contribution in [0, 0.1) is 0 Å². The fraction of sp³-hybridized carbons (Fsp3) is 0.600. The number of halogens is 1. The largest absolute Gasteiger partial charge is 0.383 e. The van der Waals surface area contributed by atoms with Gasteiger partial charge in [0.15, 0.2) is 0 Å². The lowest BCUT2D eigenvalue weighted by Crippen LogP contribution is -2.39. The summed E-state index contributed by atoms with van der Waals surface area (Å²) < 4.78 is 1.14. The highest BCUT2D eigenvalue weighted by Gasteiger charge is 2.24. The zero-order chi connectivity index (χ0) is 13.7. The number of rotatable bonds is 6. The van der Waals surface area contributed by atoms with Crippen molar-refractivity contribution in [3.8, 4) is 0 Å². The molecule has 1 aliphatic heterocycles. The van der Waals surface area contributed by atoms with E-state index in [1.807, 2.05) is 6.07 Å². The zero-order valence-electron chi connectivity index (χ0n) is 11.9. The van der Waals surface area contributed by atoms with Gasteiger partial charge in [-0.3, -0.25) is 4.90 Å². The average molecular weight is 326 g/mol. The maximum atomic E-state index is 3.57. The van der Waals surface area contributed by atoms with E-state index in [4.69, 9.17) is 0 Å². The van der Waals surface area contributed by atoms with Gasteiger partial charge in [-0.15, -0.1) is 0 Å². The van der Waals surface area contributed by atoms with E-state index in [0.29, 0.717) is 0 Å². The molecular formula is C15H24BrN3. The number of para-hydroxylation sites is 1. The van der Waals surface area contributed by atoms with Crippen LogP contribution in [0.3, 0.4) is 0 Å². The van der Waals surface area contributed by atoms with Gasteiger partial charge in [-0.2, -0.15) is 0 Å². The SMILES string of the molecule is CN(C)CC1CCCN1CCNc1ccccc1Br. The predicted molar refractivity (Wildman–Crippen MR) is 85.8 cm³/mol. The molecule has 1 aliphatic rings. The molecule has 2 rings (SSSR count). The third kappa shape index (κ3) is 4.48. The summed E-state index contributed by atoms with van der Waals surface area (Å²) in [7, 11) is 4.33. The van der Waals surface area contributed by atoms with Gasteiger partial charge in [0.25, 0.3) is 0 Å². The summed E-state index contributed by atoms with van der Waals surface area (Å²) in [6.45, 7) is 4.55. The van der Waals surface area contributed by atoms with Gasteiger partial charge >= 0.3 is 0 Å². The molecule has 0 saturated carbocycles. The molecule has 1 aromatic carbocycles. The van der Waals surface area contributed by atoms with Gasteiger partial charge in [-0.1, -0.05) is 12.1 Å². The van der Waals surface area contributed by atoms with Crippen LogP contribution in [-0.4, -0.2) is 56.1 Å². The average Bonchev–Trinajstić information content (AvgIpc) is 2.78. The summed E-state index contributed by atoms with van der Waals surface area (Å²) in [5.41, 5.74) is 1.19. The Morgan fingerprint density at radius 1 is 1.37 bits per heavy atom. The Labute approximate surface area is 125 Å². The van der Waals surface area contributed by atoms with Crippen molar-refractivity contribution in [3.63, 3.8) is 0 Å². The molecule has 1 saturated heterocycles. The minimum absolute atomic E-state index is 0.732. The van der Waals surface area contributed by atoms with Gasteiger partial charge in [0, 0.05) is 35.8 Å². The monoisotopic (exact) mass is 325 g/mol. The predicted octanol–water partition coefficient (Wildman–Crippen LogP) is 2.89. The second kappa shape index (κ2) is 7.27. The first-order valence-electron chi connectivity index (χ1n) is 7.04. The zero-order valence-corrected chi connectivity index (χ0v) is 13.5. The van der Waals surface area contributed by atoms with Gasteiger partial charge in [0.1, 0.15) is 0 Å².